The van der Waals surface area contributed by atoms with Gasteiger partial charge in [0, 0.05) is 23.5 Å². The number of thioether (sulfide) groups is 1. The van der Waals surface area contributed by atoms with Crippen LogP contribution in [0.3, 0.4) is 0 Å². The maximum Gasteiger partial charge on any atom is 0.244 e. The minimum atomic E-state index is -0.695. The lowest BCUT2D eigenvalue weighted by molar-refractivity contribution is -0.139. The van der Waals surface area contributed by atoms with Crippen LogP contribution < -0.4 is 15.4 Å². The molecule has 0 saturated carbocycles. The van der Waals surface area contributed by atoms with E-state index >= 15 is 0 Å². The first kappa shape index (κ1) is 25.8. The predicted molar refractivity (Wildman–Crippen MR) is 136 cm³/mol. The van der Waals surface area contributed by atoms with Crippen molar-refractivity contribution in [1.29, 1.82) is 0 Å². The van der Waals surface area contributed by atoms with E-state index in [1.54, 1.807) is 36.0 Å². The van der Waals surface area contributed by atoms with E-state index in [2.05, 4.69) is 24.5 Å². The molecular formula is C26H37N3O5S. The van der Waals surface area contributed by atoms with Crippen molar-refractivity contribution < 1.29 is 24.2 Å². The highest BCUT2D eigenvalue weighted by molar-refractivity contribution is 8.02. The van der Waals surface area contributed by atoms with E-state index < -0.39 is 22.6 Å². The third-order valence-electron chi connectivity index (χ3n) is 7.68. The number of ether oxygens (including phenoxy) is 1. The normalized spacial score (nSPS) is 31.9. The summed E-state index contributed by atoms with van der Waals surface area (Å²) >= 11 is 1.64. The standard InChI is InChI=1S/C26H37N3O5S/c1-5-7-16(4)27-24(32)22-26-15(3)14-19(35-26)20(21(26)25(33)29(22)12-13-30)23(31)28-17-8-10-18(11-9-17)34-6-2/h8-11,15-16,19-22,30H,5-7,12-14H2,1-4H3,(H,27,32)(H,28,31)/t15?,16?,19-,20+,21-,22?,26?/m0/s1. The topological polar surface area (TPSA) is 108 Å². The van der Waals surface area contributed by atoms with Crippen molar-refractivity contribution in [2.24, 2.45) is 17.8 Å². The molecule has 0 aliphatic carbocycles. The van der Waals surface area contributed by atoms with E-state index in [4.69, 9.17) is 4.74 Å². The van der Waals surface area contributed by atoms with E-state index in [1.165, 1.54) is 4.90 Å². The molecule has 2 bridgehead atoms. The van der Waals surface area contributed by atoms with Gasteiger partial charge in [-0.05, 0) is 56.9 Å². The molecule has 4 rings (SSSR count). The Kier molecular flexibility index (Phi) is 7.66. The minimum absolute atomic E-state index is 0.00769. The van der Waals surface area contributed by atoms with Crippen LogP contribution in [0.5, 0.6) is 5.75 Å². The molecule has 3 fully saturated rings. The van der Waals surface area contributed by atoms with Gasteiger partial charge in [-0.3, -0.25) is 14.4 Å². The molecule has 3 heterocycles. The summed E-state index contributed by atoms with van der Waals surface area (Å²) in [6.07, 6.45) is 2.57. The Bertz CT molecular complexity index is 957. The van der Waals surface area contributed by atoms with Crippen molar-refractivity contribution >= 4 is 35.2 Å². The van der Waals surface area contributed by atoms with Crippen LogP contribution >= 0.6 is 11.8 Å². The van der Waals surface area contributed by atoms with Gasteiger partial charge in [-0.2, -0.15) is 0 Å². The van der Waals surface area contributed by atoms with Crippen molar-refractivity contribution in [2.75, 3.05) is 25.1 Å². The molecule has 9 heteroatoms. The van der Waals surface area contributed by atoms with E-state index in [1.807, 2.05) is 13.8 Å². The number of carbonyl (C=O) groups excluding carboxylic acids is 3. The highest BCUT2D eigenvalue weighted by Gasteiger charge is 2.75. The van der Waals surface area contributed by atoms with Gasteiger partial charge >= 0.3 is 0 Å². The van der Waals surface area contributed by atoms with E-state index in [0.717, 1.165) is 25.0 Å². The fourth-order valence-corrected chi connectivity index (χ4v) is 8.74. The number of nitrogens with one attached hydrogen (secondary N) is 2. The number of aliphatic hydroxyl groups excluding tert-OH is 1. The first-order valence-corrected chi connectivity index (χ1v) is 13.6. The summed E-state index contributed by atoms with van der Waals surface area (Å²) in [5.74, 6) is -0.857. The summed E-state index contributed by atoms with van der Waals surface area (Å²) in [5.41, 5.74) is 0.647. The first-order chi connectivity index (χ1) is 16.8. The molecule has 3 aliphatic heterocycles. The van der Waals surface area contributed by atoms with Gasteiger partial charge in [0.25, 0.3) is 0 Å². The quantitative estimate of drug-likeness (QED) is 0.453. The molecule has 7 atom stereocenters. The van der Waals surface area contributed by atoms with Crippen molar-refractivity contribution in [3.8, 4) is 5.75 Å². The van der Waals surface area contributed by atoms with Gasteiger partial charge < -0.3 is 25.4 Å². The fourth-order valence-electron chi connectivity index (χ4n) is 6.32. The smallest absolute Gasteiger partial charge is 0.244 e. The Hall–Kier alpha value is -2.26. The van der Waals surface area contributed by atoms with Crippen molar-refractivity contribution in [2.45, 2.75) is 69.0 Å². The predicted octanol–water partition coefficient (Wildman–Crippen LogP) is 2.66. The number of hydrogen-bond donors (Lipinski definition) is 3. The number of anilines is 1. The average molecular weight is 504 g/mol. The van der Waals surface area contributed by atoms with Gasteiger partial charge in [-0.25, -0.2) is 0 Å². The summed E-state index contributed by atoms with van der Waals surface area (Å²) in [6, 6.07) is 6.49. The van der Waals surface area contributed by atoms with E-state index in [0.29, 0.717) is 12.3 Å². The molecule has 8 nitrogen and oxygen atoms in total. The number of likely N-dealkylation sites (tertiary alicyclic amines) is 1. The minimum Gasteiger partial charge on any atom is -0.494 e. The van der Waals surface area contributed by atoms with Crippen LogP contribution in [-0.4, -0.2) is 69.6 Å². The molecule has 3 saturated heterocycles. The number of benzene rings is 1. The van der Waals surface area contributed by atoms with Crippen LogP contribution in [0.2, 0.25) is 0 Å². The molecule has 3 amide bonds. The fraction of sp³-hybridized carbons (Fsp3) is 0.654. The van der Waals surface area contributed by atoms with Gasteiger partial charge in [-0.15, -0.1) is 11.8 Å². The third-order valence-corrected chi connectivity index (χ3v) is 9.76. The maximum atomic E-state index is 13.7. The Morgan fingerprint density at radius 1 is 1.26 bits per heavy atom. The maximum absolute atomic E-state index is 13.7. The zero-order valence-corrected chi connectivity index (χ0v) is 21.8. The molecule has 1 aromatic carbocycles. The van der Waals surface area contributed by atoms with Crippen LogP contribution in [-0.2, 0) is 14.4 Å². The monoisotopic (exact) mass is 503 g/mol. The molecule has 3 aliphatic rings. The molecule has 0 radical (unpaired) electrons. The molecular weight excluding hydrogens is 466 g/mol. The van der Waals surface area contributed by atoms with Gasteiger partial charge in [0.2, 0.25) is 17.7 Å². The Balaban J connectivity index is 1.61. The Morgan fingerprint density at radius 3 is 2.60 bits per heavy atom. The molecule has 192 valence electrons. The number of carbonyl (C=O) groups is 3. The van der Waals surface area contributed by atoms with Gasteiger partial charge in [0.05, 0.1) is 29.8 Å². The van der Waals surface area contributed by atoms with E-state index in [-0.39, 0.29) is 48.1 Å². The van der Waals surface area contributed by atoms with Crippen molar-refractivity contribution in [3.63, 3.8) is 0 Å². The van der Waals surface area contributed by atoms with Crippen LogP contribution in [0.15, 0.2) is 24.3 Å². The lowest BCUT2D eigenvalue weighted by Gasteiger charge is -2.39. The third kappa shape index (κ3) is 4.42. The van der Waals surface area contributed by atoms with E-state index in [9.17, 15) is 19.5 Å². The second-order valence-corrected chi connectivity index (χ2v) is 11.5. The number of nitrogens with zero attached hydrogens (tertiary/aromatic N) is 1. The molecule has 0 aromatic heterocycles. The Morgan fingerprint density at radius 2 is 1.97 bits per heavy atom. The number of rotatable bonds is 10. The zero-order valence-electron chi connectivity index (χ0n) is 21.0. The van der Waals surface area contributed by atoms with Crippen molar-refractivity contribution in [1.82, 2.24) is 10.2 Å². The number of β-amino-alcohol motifs (C(OH)–C–C–N with tert-alkyl or cyclic N) is 1. The first-order valence-electron chi connectivity index (χ1n) is 12.7. The van der Waals surface area contributed by atoms with Crippen LogP contribution in [0, 0.1) is 17.8 Å². The van der Waals surface area contributed by atoms with Crippen molar-refractivity contribution in [3.05, 3.63) is 24.3 Å². The number of aliphatic hydroxyl groups is 1. The molecule has 4 unspecified atom stereocenters. The largest absolute Gasteiger partial charge is 0.494 e. The average Bonchev–Trinajstić information content (AvgIpc) is 3.40. The highest BCUT2D eigenvalue weighted by atomic mass is 32.2. The SMILES string of the molecule is CCCC(C)NC(=O)C1N(CCO)C(=O)[C@@H]2[C@H](C(=O)Nc3ccc(OCC)cc3)[C@@H]3CC(C)C12S3. The van der Waals surface area contributed by atoms with Crippen LogP contribution in [0.1, 0.15) is 47.0 Å². The number of hydrogen-bond acceptors (Lipinski definition) is 6. The molecule has 3 N–H and O–H groups in total. The summed E-state index contributed by atoms with van der Waals surface area (Å²) in [5, 5.41) is 15.8. The molecule has 1 spiro atoms. The van der Waals surface area contributed by atoms with Gasteiger partial charge in [-0.1, -0.05) is 20.3 Å². The number of amides is 3. The lowest BCUT2D eigenvalue weighted by Crippen LogP contribution is -2.57. The zero-order chi connectivity index (χ0) is 25.3. The van der Waals surface area contributed by atoms with Crippen LogP contribution in [0.25, 0.3) is 0 Å². The van der Waals surface area contributed by atoms with Gasteiger partial charge in [0.1, 0.15) is 11.8 Å². The second-order valence-electron chi connectivity index (χ2n) is 9.95. The summed E-state index contributed by atoms with van der Waals surface area (Å²) in [4.78, 5) is 42.4. The lowest BCUT2D eigenvalue weighted by atomic mass is 9.65. The Labute approximate surface area is 211 Å². The second kappa shape index (κ2) is 10.4. The van der Waals surface area contributed by atoms with Gasteiger partial charge in [0.15, 0.2) is 0 Å². The molecule has 35 heavy (non-hydrogen) atoms. The summed E-state index contributed by atoms with van der Waals surface area (Å²) in [7, 11) is 0. The van der Waals surface area contributed by atoms with Crippen LogP contribution in [0.4, 0.5) is 5.69 Å². The molecule has 1 aromatic rings. The highest BCUT2D eigenvalue weighted by Crippen LogP contribution is 2.68. The number of fused-ring (bicyclic) bond motifs is 1. The summed E-state index contributed by atoms with van der Waals surface area (Å²) < 4.78 is 4.80. The summed E-state index contributed by atoms with van der Waals surface area (Å²) in [6.45, 7) is 8.46.